The second-order valence-electron chi connectivity index (χ2n) is 6.38. The molecule has 1 aromatic rings. The minimum absolute atomic E-state index is 0.0230. The Morgan fingerprint density at radius 3 is 2.86 bits per heavy atom. The molecule has 1 atom stereocenters. The van der Waals surface area contributed by atoms with Gasteiger partial charge in [0.1, 0.15) is 24.3 Å². The number of ether oxygens (including phenoxy) is 2. The molecule has 1 unspecified atom stereocenters. The van der Waals surface area contributed by atoms with Crippen LogP contribution in [0.1, 0.15) is 30.6 Å². The Bertz CT molecular complexity index is 716. The minimum Gasteiger partial charge on any atom is -0.490 e. The average molecular weight is 412 g/mol. The van der Waals surface area contributed by atoms with Gasteiger partial charge in [-0.05, 0) is 25.1 Å². The highest BCUT2D eigenvalue weighted by atomic mass is 32.2. The molecule has 0 saturated carbocycles. The fourth-order valence-corrected chi connectivity index (χ4v) is 3.44. The molecule has 1 saturated heterocycles. The molecule has 1 aromatic carbocycles. The molecular formula is C19H25FN2O5S. The molecule has 1 heterocycles. The molecule has 1 fully saturated rings. The molecule has 28 heavy (non-hydrogen) atoms. The maximum absolute atomic E-state index is 13.3. The van der Waals surface area contributed by atoms with E-state index >= 15 is 0 Å². The summed E-state index contributed by atoms with van der Waals surface area (Å²) in [5.41, 5.74) is 0.180. The van der Waals surface area contributed by atoms with Crippen molar-refractivity contribution >= 4 is 29.4 Å². The number of hydrogen-bond acceptors (Lipinski definition) is 6. The van der Waals surface area contributed by atoms with Crippen LogP contribution in [0.5, 0.6) is 5.75 Å². The molecule has 7 nitrogen and oxygen atoms in total. The van der Waals surface area contributed by atoms with Crippen LogP contribution in [0, 0.1) is 5.82 Å². The number of halogens is 1. The Balaban J connectivity index is 1.79. The summed E-state index contributed by atoms with van der Waals surface area (Å²) in [5, 5.41) is 2.67. The molecule has 154 valence electrons. The highest BCUT2D eigenvalue weighted by Crippen LogP contribution is 2.21. The molecular weight excluding hydrogens is 387 g/mol. The van der Waals surface area contributed by atoms with Gasteiger partial charge in [0, 0.05) is 25.6 Å². The van der Waals surface area contributed by atoms with E-state index in [1.165, 1.54) is 37.7 Å². The number of carbonyl (C=O) groups is 3. The van der Waals surface area contributed by atoms with E-state index < -0.39 is 5.82 Å². The largest absolute Gasteiger partial charge is 0.490 e. The number of morpholine rings is 1. The number of benzene rings is 1. The first-order valence-corrected chi connectivity index (χ1v) is 10.2. The van der Waals surface area contributed by atoms with Crippen LogP contribution in [0.25, 0.3) is 0 Å². The smallest absolute Gasteiger partial charge is 0.223 e. The van der Waals surface area contributed by atoms with Gasteiger partial charge in [0.25, 0.3) is 0 Å². The molecule has 2 rings (SSSR count). The standard InChI is InChI=1S/C19H25FN2O5S/c1-13(23)17-9-15(20)3-4-18(17)27-11-16-10-22(6-7-26-16)19(25)5-8-28-12-21-14(2)24/h3-4,9,16H,5-8,10-12H2,1-2H3,(H,21,24). The third kappa shape index (κ3) is 7.12. The van der Waals surface area contributed by atoms with E-state index in [0.717, 1.165) is 6.07 Å². The predicted octanol–water partition coefficient (Wildman–Crippen LogP) is 1.85. The number of nitrogens with zero attached hydrogens (tertiary/aromatic N) is 1. The van der Waals surface area contributed by atoms with Crippen molar-refractivity contribution in [3.05, 3.63) is 29.6 Å². The van der Waals surface area contributed by atoms with Gasteiger partial charge in [-0.15, -0.1) is 11.8 Å². The van der Waals surface area contributed by atoms with Crippen LogP contribution in [0.15, 0.2) is 18.2 Å². The van der Waals surface area contributed by atoms with Gasteiger partial charge < -0.3 is 19.7 Å². The Labute approximate surface area is 167 Å². The summed E-state index contributed by atoms with van der Waals surface area (Å²) in [7, 11) is 0. The molecule has 0 aromatic heterocycles. The zero-order chi connectivity index (χ0) is 20.5. The van der Waals surface area contributed by atoms with Crippen molar-refractivity contribution in [2.24, 2.45) is 0 Å². The lowest BCUT2D eigenvalue weighted by Gasteiger charge is -2.33. The van der Waals surface area contributed by atoms with Crippen molar-refractivity contribution in [3.63, 3.8) is 0 Å². The second-order valence-corrected chi connectivity index (χ2v) is 7.48. The Morgan fingerprint density at radius 1 is 1.36 bits per heavy atom. The van der Waals surface area contributed by atoms with E-state index in [0.29, 0.717) is 43.5 Å². The van der Waals surface area contributed by atoms with E-state index in [1.807, 2.05) is 0 Å². The summed E-state index contributed by atoms with van der Waals surface area (Å²) >= 11 is 1.49. The van der Waals surface area contributed by atoms with Crippen molar-refractivity contribution in [2.45, 2.75) is 26.4 Å². The number of thioether (sulfide) groups is 1. The summed E-state index contributed by atoms with van der Waals surface area (Å²) in [6.07, 6.45) is 0.0548. The normalized spacial score (nSPS) is 16.5. The third-order valence-electron chi connectivity index (χ3n) is 4.12. The highest BCUT2D eigenvalue weighted by molar-refractivity contribution is 7.99. The molecule has 1 aliphatic heterocycles. The number of ketones is 1. The maximum atomic E-state index is 13.3. The van der Waals surface area contributed by atoms with Crippen molar-refractivity contribution < 1.29 is 28.2 Å². The summed E-state index contributed by atoms with van der Waals surface area (Å²) in [6.45, 7) is 4.28. The first-order valence-electron chi connectivity index (χ1n) is 9.01. The highest BCUT2D eigenvalue weighted by Gasteiger charge is 2.25. The SMILES string of the molecule is CC(=O)NCSCCC(=O)N1CCOC(COc2ccc(F)cc2C(C)=O)C1. The summed E-state index contributed by atoms with van der Waals surface area (Å²) < 4.78 is 24.6. The molecule has 1 aliphatic rings. The van der Waals surface area contributed by atoms with Gasteiger partial charge in [0.2, 0.25) is 11.8 Å². The zero-order valence-corrected chi connectivity index (χ0v) is 16.9. The Hall–Kier alpha value is -2.13. The van der Waals surface area contributed by atoms with Gasteiger partial charge in [-0.25, -0.2) is 4.39 Å². The minimum atomic E-state index is -0.500. The first-order chi connectivity index (χ1) is 13.4. The summed E-state index contributed by atoms with van der Waals surface area (Å²) in [5.74, 6) is 0.550. The second kappa shape index (κ2) is 11.0. The Morgan fingerprint density at radius 2 is 2.14 bits per heavy atom. The van der Waals surface area contributed by atoms with Crippen LogP contribution in [0.4, 0.5) is 4.39 Å². The lowest BCUT2D eigenvalue weighted by atomic mass is 10.1. The number of nitrogens with one attached hydrogen (secondary N) is 1. The molecule has 0 spiro atoms. The fourth-order valence-electron chi connectivity index (χ4n) is 2.68. The van der Waals surface area contributed by atoms with Gasteiger partial charge in [0.05, 0.1) is 24.6 Å². The van der Waals surface area contributed by atoms with Crippen molar-refractivity contribution in [1.82, 2.24) is 10.2 Å². The number of hydrogen-bond donors (Lipinski definition) is 1. The Kier molecular flexibility index (Phi) is 8.72. The van der Waals surface area contributed by atoms with Gasteiger partial charge in [-0.2, -0.15) is 0 Å². The van der Waals surface area contributed by atoms with Gasteiger partial charge in [-0.1, -0.05) is 0 Å². The first kappa shape index (κ1) is 22.2. The summed E-state index contributed by atoms with van der Waals surface area (Å²) in [6, 6.07) is 3.80. The number of carbonyl (C=O) groups excluding carboxylic acids is 3. The van der Waals surface area contributed by atoms with Gasteiger partial charge in [-0.3, -0.25) is 14.4 Å². The fraction of sp³-hybridized carbons (Fsp3) is 0.526. The van der Waals surface area contributed by atoms with Gasteiger partial charge >= 0.3 is 0 Å². The van der Waals surface area contributed by atoms with E-state index in [9.17, 15) is 18.8 Å². The number of rotatable bonds is 9. The lowest BCUT2D eigenvalue weighted by molar-refractivity contribution is -0.139. The van der Waals surface area contributed by atoms with Crippen LogP contribution in [-0.4, -0.2) is 66.5 Å². The summed E-state index contributed by atoms with van der Waals surface area (Å²) in [4.78, 5) is 36.5. The van der Waals surface area contributed by atoms with E-state index in [-0.39, 0.29) is 35.9 Å². The predicted molar refractivity (Wildman–Crippen MR) is 104 cm³/mol. The van der Waals surface area contributed by atoms with Crippen LogP contribution < -0.4 is 10.1 Å². The third-order valence-corrected chi connectivity index (χ3v) is 4.96. The molecule has 9 heteroatoms. The van der Waals surface area contributed by atoms with Gasteiger partial charge in [0.15, 0.2) is 5.78 Å². The van der Waals surface area contributed by atoms with E-state index in [4.69, 9.17) is 9.47 Å². The van der Waals surface area contributed by atoms with Crippen LogP contribution in [0.2, 0.25) is 0 Å². The maximum Gasteiger partial charge on any atom is 0.223 e. The van der Waals surface area contributed by atoms with E-state index in [2.05, 4.69) is 5.32 Å². The molecule has 2 amide bonds. The zero-order valence-electron chi connectivity index (χ0n) is 16.0. The molecule has 0 radical (unpaired) electrons. The molecule has 0 bridgehead atoms. The molecule has 1 N–H and O–H groups in total. The van der Waals surface area contributed by atoms with Crippen LogP contribution >= 0.6 is 11.8 Å². The lowest BCUT2D eigenvalue weighted by Crippen LogP contribution is -2.47. The van der Waals surface area contributed by atoms with Crippen molar-refractivity contribution in [1.29, 1.82) is 0 Å². The van der Waals surface area contributed by atoms with Crippen molar-refractivity contribution in [3.8, 4) is 5.75 Å². The topological polar surface area (TPSA) is 84.9 Å². The molecule has 0 aliphatic carbocycles. The quantitative estimate of drug-likeness (QED) is 0.379. The average Bonchev–Trinajstić information content (AvgIpc) is 2.66. The monoisotopic (exact) mass is 412 g/mol. The van der Waals surface area contributed by atoms with Crippen molar-refractivity contribution in [2.75, 3.05) is 37.9 Å². The van der Waals surface area contributed by atoms with E-state index in [1.54, 1.807) is 4.90 Å². The number of amides is 2. The van der Waals surface area contributed by atoms with Crippen LogP contribution in [-0.2, 0) is 14.3 Å². The number of Topliss-reactive ketones (excluding diaryl/α,β-unsaturated/α-hetero) is 1. The van der Waals surface area contributed by atoms with Crippen LogP contribution in [0.3, 0.4) is 0 Å².